The van der Waals surface area contributed by atoms with Gasteiger partial charge in [0.15, 0.2) is 0 Å². The Labute approximate surface area is 75.4 Å². The molecule has 4 nitrogen and oxygen atoms in total. The number of fused-ring (bicyclic) bond motifs is 1. The first kappa shape index (κ1) is 7.79. The average molecular weight is 175 g/mol. The Morgan fingerprint density at radius 1 is 1.38 bits per heavy atom. The molecule has 0 fully saturated rings. The van der Waals surface area contributed by atoms with E-state index >= 15 is 0 Å². The lowest BCUT2D eigenvalue weighted by Crippen LogP contribution is -1.94. The summed E-state index contributed by atoms with van der Waals surface area (Å²) < 4.78 is 5.12. The highest BCUT2D eigenvalue weighted by Gasteiger charge is 2.02. The van der Waals surface area contributed by atoms with Crippen LogP contribution >= 0.6 is 0 Å². The topological polar surface area (TPSA) is 61.0 Å². The molecule has 0 radical (unpaired) electrons. The van der Waals surface area contributed by atoms with Crippen molar-refractivity contribution in [2.75, 3.05) is 12.8 Å². The molecule has 0 aliphatic rings. The van der Waals surface area contributed by atoms with E-state index < -0.39 is 0 Å². The van der Waals surface area contributed by atoms with Crippen LogP contribution in [0.2, 0.25) is 0 Å². The molecule has 2 rings (SSSR count). The van der Waals surface area contributed by atoms with Crippen LogP contribution in [0.5, 0.6) is 5.75 Å². The van der Waals surface area contributed by atoms with Crippen LogP contribution in [0.4, 0.5) is 5.82 Å². The minimum absolute atomic E-state index is 0.400. The average Bonchev–Trinajstić information content (AvgIpc) is 2.17. The lowest BCUT2D eigenvalue weighted by Gasteiger charge is -2.03. The lowest BCUT2D eigenvalue weighted by molar-refractivity contribution is 0.419. The molecule has 1 aromatic carbocycles. The van der Waals surface area contributed by atoms with Crippen molar-refractivity contribution in [3.63, 3.8) is 0 Å². The summed E-state index contributed by atoms with van der Waals surface area (Å²) >= 11 is 0. The third kappa shape index (κ3) is 1.26. The van der Waals surface area contributed by atoms with Gasteiger partial charge in [-0.3, -0.25) is 4.98 Å². The third-order valence-electron chi connectivity index (χ3n) is 1.77. The smallest absolute Gasteiger partial charge is 0.146 e. The fraction of sp³-hybridized carbons (Fsp3) is 0.111. The van der Waals surface area contributed by atoms with E-state index in [1.165, 1.54) is 6.20 Å². The minimum atomic E-state index is 0.400. The van der Waals surface area contributed by atoms with Crippen LogP contribution in [0.1, 0.15) is 0 Å². The maximum absolute atomic E-state index is 5.52. The Bertz CT molecular complexity index is 442. The van der Waals surface area contributed by atoms with E-state index in [0.717, 1.165) is 5.52 Å². The van der Waals surface area contributed by atoms with E-state index in [9.17, 15) is 0 Å². The molecule has 2 aromatic rings. The van der Waals surface area contributed by atoms with Gasteiger partial charge in [0.05, 0.1) is 18.8 Å². The first-order valence-electron chi connectivity index (χ1n) is 3.86. The molecule has 0 aliphatic heterocycles. The predicted molar refractivity (Wildman–Crippen MR) is 50.5 cm³/mol. The van der Waals surface area contributed by atoms with E-state index in [-0.39, 0.29) is 0 Å². The summed E-state index contributed by atoms with van der Waals surface area (Å²) in [6, 6.07) is 5.56. The van der Waals surface area contributed by atoms with Crippen LogP contribution in [0.15, 0.2) is 24.4 Å². The molecular formula is C9H9N3O. The maximum Gasteiger partial charge on any atom is 0.146 e. The molecule has 0 unspecified atom stereocenters. The number of rotatable bonds is 1. The first-order chi connectivity index (χ1) is 6.31. The van der Waals surface area contributed by atoms with Crippen molar-refractivity contribution >= 4 is 16.9 Å². The van der Waals surface area contributed by atoms with Gasteiger partial charge in [-0.25, -0.2) is 4.98 Å². The summed E-state index contributed by atoms with van der Waals surface area (Å²) in [5, 5.41) is 0. The number of nitrogen functional groups attached to an aromatic ring is 1. The zero-order valence-corrected chi connectivity index (χ0v) is 7.19. The quantitative estimate of drug-likeness (QED) is 0.707. The van der Waals surface area contributed by atoms with Crippen molar-refractivity contribution < 1.29 is 4.74 Å². The van der Waals surface area contributed by atoms with Gasteiger partial charge >= 0.3 is 0 Å². The molecule has 13 heavy (non-hydrogen) atoms. The zero-order valence-electron chi connectivity index (χ0n) is 7.19. The molecule has 2 N–H and O–H groups in total. The molecule has 0 saturated heterocycles. The van der Waals surface area contributed by atoms with E-state index in [0.29, 0.717) is 17.1 Å². The van der Waals surface area contributed by atoms with Gasteiger partial charge in [-0.2, -0.15) is 0 Å². The number of hydrogen-bond donors (Lipinski definition) is 1. The van der Waals surface area contributed by atoms with Crippen LogP contribution in [-0.4, -0.2) is 17.1 Å². The van der Waals surface area contributed by atoms with Gasteiger partial charge in [0.2, 0.25) is 0 Å². The number of ether oxygens (including phenoxy) is 1. The Kier molecular flexibility index (Phi) is 1.73. The third-order valence-corrected chi connectivity index (χ3v) is 1.77. The Morgan fingerprint density at radius 2 is 2.23 bits per heavy atom. The van der Waals surface area contributed by atoms with Crippen molar-refractivity contribution in [1.29, 1.82) is 0 Å². The molecule has 0 amide bonds. The van der Waals surface area contributed by atoms with Crippen molar-refractivity contribution in [1.82, 2.24) is 9.97 Å². The Hall–Kier alpha value is -1.84. The van der Waals surface area contributed by atoms with Crippen LogP contribution in [0.3, 0.4) is 0 Å². The van der Waals surface area contributed by atoms with Gasteiger partial charge in [0.1, 0.15) is 17.1 Å². The van der Waals surface area contributed by atoms with Crippen molar-refractivity contribution in [3.8, 4) is 5.75 Å². The van der Waals surface area contributed by atoms with Crippen LogP contribution < -0.4 is 10.5 Å². The first-order valence-corrected chi connectivity index (χ1v) is 3.86. The van der Waals surface area contributed by atoms with Gasteiger partial charge in [-0.15, -0.1) is 0 Å². The molecule has 1 heterocycles. The molecule has 1 aromatic heterocycles. The fourth-order valence-corrected chi connectivity index (χ4v) is 1.19. The predicted octanol–water partition coefficient (Wildman–Crippen LogP) is 1.22. The van der Waals surface area contributed by atoms with Crippen molar-refractivity contribution in [2.24, 2.45) is 0 Å². The van der Waals surface area contributed by atoms with Crippen LogP contribution in [-0.2, 0) is 0 Å². The number of benzene rings is 1. The van der Waals surface area contributed by atoms with Gasteiger partial charge in [-0.1, -0.05) is 6.07 Å². The highest BCUT2D eigenvalue weighted by Crippen LogP contribution is 2.21. The number of nitrogens with two attached hydrogens (primary N) is 1. The largest absolute Gasteiger partial charge is 0.494 e. The number of hydrogen-bond acceptors (Lipinski definition) is 4. The molecule has 0 atom stereocenters. The summed E-state index contributed by atoms with van der Waals surface area (Å²) in [5.41, 5.74) is 7.00. The highest BCUT2D eigenvalue weighted by atomic mass is 16.5. The number of aromatic nitrogens is 2. The second-order valence-corrected chi connectivity index (χ2v) is 2.62. The molecular weight excluding hydrogens is 166 g/mol. The number of para-hydroxylation sites is 1. The SMILES string of the molecule is COc1cccc2ncc(N)nc12. The highest BCUT2D eigenvalue weighted by molar-refractivity contribution is 5.81. The molecule has 0 saturated carbocycles. The standard InChI is InChI=1S/C9H9N3O/c1-13-7-4-2-3-6-9(7)12-8(10)5-11-6/h2-5H,1H3,(H2,10,12). The molecule has 4 heteroatoms. The van der Waals surface area contributed by atoms with Gasteiger partial charge in [-0.05, 0) is 12.1 Å². The molecule has 0 aliphatic carbocycles. The maximum atomic E-state index is 5.52. The fourth-order valence-electron chi connectivity index (χ4n) is 1.19. The number of nitrogens with zero attached hydrogens (tertiary/aromatic N) is 2. The normalized spacial score (nSPS) is 10.2. The zero-order chi connectivity index (χ0) is 9.26. The lowest BCUT2D eigenvalue weighted by atomic mass is 10.3. The Balaban J connectivity index is 2.79. The van der Waals surface area contributed by atoms with Gasteiger partial charge in [0, 0.05) is 0 Å². The molecule has 0 spiro atoms. The summed E-state index contributed by atoms with van der Waals surface area (Å²) in [6.45, 7) is 0. The van der Waals surface area contributed by atoms with Gasteiger partial charge in [0.25, 0.3) is 0 Å². The summed E-state index contributed by atoms with van der Waals surface area (Å²) in [4.78, 5) is 8.26. The monoisotopic (exact) mass is 175 g/mol. The number of methoxy groups -OCH3 is 1. The molecule has 66 valence electrons. The van der Waals surface area contributed by atoms with Crippen molar-refractivity contribution in [2.45, 2.75) is 0 Å². The van der Waals surface area contributed by atoms with E-state index in [4.69, 9.17) is 10.5 Å². The van der Waals surface area contributed by atoms with Crippen LogP contribution in [0.25, 0.3) is 11.0 Å². The minimum Gasteiger partial charge on any atom is -0.494 e. The second kappa shape index (κ2) is 2.90. The van der Waals surface area contributed by atoms with E-state index in [1.54, 1.807) is 7.11 Å². The van der Waals surface area contributed by atoms with Crippen LogP contribution in [0, 0.1) is 0 Å². The summed E-state index contributed by atoms with van der Waals surface area (Å²) in [7, 11) is 1.60. The number of anilines is 1. The van der Waals surface area contributed by atoms with E-state index in [2.05, 4.69) is 9.97 Å². The van der Waals surface area contributed by atoms with Crippen molar-refractivity contribution in [3.05, 3.63) is 24.4 Å². The summed E-state index contributed by atoms with van der Waals surface area (Å²) in [6.07, 6.45) is 1.53. The molecule has 0 bridgehead atoms. The van der Waals surface area contributed by atoms with Gasteiger partial charge < -0.3 is 10.5 Å². The second-order valence-electron chi connectivity index (χ2n) is 2.62. The summed E-state index contributed by atoms with van der Waals surface area (Å²) in [5.74, 6) is 1.09. The Morgan fingerprint density at radius 3 is 3.00 bits per heavy atom. The van der Waals surface area contributed by atoms with E-state index in [1.807, 2.05) is 18.2 Å².